The second-order valence-corrected chi connectivity index (χ2v) is 1.81. The predicted molar refractivity (Wildman–Crippen MR) is 24.7 cm³/mol. The maximum absolute atomic E-state index is 12.0. The lowest BCUT2D eigenvalue weighted by Gasteiger charge is -2.20. The Morgan fingerprint density at radius 2 is 2.25 bits per heavy atom. The van der Waals surface area contributed by atoms with E-state index in [2.05, 4.69) is 4.74 Å². The van der Waals surface area contributed by atoms with E-state index in [0.29, 0.717) is 13.0 Å². The zero-order valence-electron chi connectivity index (χ0n) is 4.36. The molecule has 0 amide bonds. The maximum atomic E-state index is 12.0. The van der Waals surface area contributed by atoms with Crippen LogP contribution in [0.1, 0.15) is 6.42 Å². The van der Waals surface area contributed by atoms with Gasteiger partial charge >= 0.3 is 0 Å². The molecule has 0 atom stereocenters. The first kappa shape index (κ1) is 5.95. The van der Waals surface area contributed by atoms with Gasteiger partial charge in [-0.15, -0.1) is 0 Å². The van der Waals surface area contributed by atoms with Gasteiger partial charge in [0.05, 0.1) is 0 Å². The molecule has 1 aliphatic heterocycles. The zero-order chi connectivity index (χ0) is 6.04. The fourth-order valence-corrected chi connectivity index (χ4v) is 0.621. The summed E-state index contributed by atoms with van der Waals surface area (Å²) in [6.07, 6.45) is 1.36. The lowest BCUT2D eigenvalue weighted by molar-refractivity contribution is -0.0779. The summed E-state index contributed by atoms with van der Waals surface area (Å²) in [5.74, 6) is -2.67. The van der Waals surface area contributed by atoms with E-state index in [0.717, 1.165) is 6.42 Å². The van der Waals surface area contributed by atoms with Gasteiger partial charge in [0.2, 0.25) is 0 Å². The molecule has 1 fully saturated rings. The molecule has 0 aliphatic carbocycles. The van der Waals surface area contributed by atoms with Crippen molar-refractivity contribution < 1.29 is 13.5 Å². The second kappa shape index (κ2) is 1.97. The van der Waals surface area contributed by atoms with Gasteiger partial charge in [-0.2, -0.15) is 0 Å². The summed E-state index contributed by atoms with van der Waals surface area (Å²) in [6.45, 7) is 0.00257. The van der Waals surface area contributed by atoms with E-state index in [-0.39, 0.29) is 0 Å². The molecule has 0 saturated carbocycles. The van der Waals surface area contributed by atoms with Gasteiger partial charge < -0.3 is 4.74 Å². The highest BCUT2D eigenvalue weighted by molar-refractivity contribution is 4.86. The first-order chi connectivity index (χ1) is 3.71. The third kappa shape index (κ3) is 1.40. The van der Waals surface area contributed by atoms with Gasteiger partial charge in [0.1, 0.15) is 6.61 Å². The average molecular weight is 121 g/mol. The summed E-state index contributed by atoms with van der Waals surface area (Å²) < 4.78 is 28.6. The molecule has 1 nitrogen and oxygen atoms in total. The van der Waals surface area contributed by atoms with E-state index in [1.807, 2.05) is 0 Å². The Kier molecular flexibility index (Phi) is 1.47. The molecule has 1 heterocycles. The van der Waals surface area contributed by atoms with Crippen molar-refractivity contribution >= 4 is 0 Å². The van der Waals surface area contributed by atoms with Crippen LogP contribution < -0.4 is 0 Å². The Morgan fingerprint density at radius 3 is 2.50 bits per heavy atom. The van der Waals surface area contributed by atoms with Crippen LogP contribution in [0, 0.1) is 6.42 Å². The number of halogens is 2. The highest BCUT2D eigenvalue weighted by atomic mass is 19.3. The Balaban J connectivity index is 2.33. The summed E-state index contributed by atoms with van der Waals surface area (Å²) in [7, 11) is 0. The van der Waals surface area contributed by atoms with E-state index < -0.39 is 12.5 Å². The Hall–Kier alpha value is -0.180. The lowest BCUT2D eigenvalue weighted by Crippen LogP contribution is -2.29. The molecule has 0 aromatic heterocycles. The quantitative estimate of drug-likeness (QED) is 0.468. The van der Waals surface area contributed by atoms with Crippen LogP contribution >= 0.6 is 0 Å². The minimum absolute atomic E-state index is 0.368. The van der Waals surface area contributed by atoms with Crippen molar-refractivity contribution in [2.24, 2.45) is 0 Å². The SMILES string of the molecule is FC1(F)[CH]CCOC1. The summed E-state index contributed by atoms with van der Waals surface area (Å²) >= 11 is 0. The van der Waals surface area contributed by atoms with Gasteiger partial charge in [-0.3, -0.25) is 0 Å². The van der Waals surface area contributed by atoms with Crippen molar-refractivity contribution in [1.82, 2.24) is 0 Å². The van der Waals surface area contributed by atoms with Crippen LogP contribution in [0.2, 0.25) is 0 Å². The van der Waals surface area contributed by atoms with Crippen LogP contribution in [0.5, 0.6) is 0 Å². The normalized spacial score (nSPS) is 27.8. The van der Waals surface area contributed by atoms with E-state index >= 15 is 0 Å². The predicted octanol–water partition coefficient (Wildman–Crippen LogP) is 1.25. The summed E-state index contributed by atoms with van der Waals surface area (Å²) in [4.78, 5) is 0. The first-order valence-electron chi connectivity index (χ1n) is 2.51. The molecule has 1 rings (SSSR count). The third-order valence-corrected chi connectivity index (χ3v) is 1.000. The maximum Gasteiger partial charge on any atom is 0.274 e. The van der Waals surface area contributed by atoms with E-state index in [4.69, 9.17) is 0 Å². The van der Waals surface area contributed by atoms with Crippen LogP contribution in [-0.4, -0.2) is 19.1 Å². The highest BCUT2D eigenvalue weighted by Crippen LogP contribution is 2.22. The zero-order valence-corrected chi connectivity index (χ0v) is 4.36. The molecule has 0 aromatic carbocycles. The molecular weight excluding hydrogens is 114 g/mol. The molecule has 1 radical (unpaired) electrons. The number of hydrogen-bond donors (Lipinski definition) is 0. The van der Waals surface area contributed by atoms with Crippen molar-refractivity contribution in [2.45, 2.75) is 12.3 Å². The van der Waals surface area contributed by atoms with Gasteiger partial charge in [-0.25, -0.2) is 8.78 Å². The van der Waals surface area contributed by atoms with Crippen molar-refractivity contribution in [3.8, 4) is 0 Å². The monoisotopic (exact) mass is 121 g/mol. The molecule has 0 aromatic rings. The van der Waals surface area contributed by atoms with Gasteiger partial charge in [0.25, 0.3) is 5.92 Å². The van der Waals surface area contributed by atoms with Gasteiger partial charge in [-0.05, 0) is 6.42 Å². The highest BCUT2D eigenvalue weighted by Gasteiger charge is 2.31. The summed E-state index contributed by atoms with van der Waals surface area (Å²) in [5, 5.41) is 0. The Bertz CT molecular complexity index is 74.5. The van der Waals surface area contributed by atoms with Crippen molar-refractivity contribution in [1.29, 1.82) is 0 Å². The van der Waals surface area contributed by atoms with E-state index in [1.54, 1.807) is 0 Å². The Labute approximate surface area is 46.6 Å². The van der Waals surface area contributed by atoms with Crippen molar-refractivity contribution in [3.63, 3.8) is 0 Å². The second-order valence-electron chi connectivity index (χ2n) is 1.81. The van der Waals surface area contributed by atoms with Crippen LogP contribution in [0.25, 0.3) is 0 Å². The first-order valence-corrected chi connectivity index (χ1v) is 2.51. The topological polar surface area (TPSA) is 9.23 Å². The fourth-order valence-electron chi connectivity index (χ4n) is 0.621. The number of ether oxygens (including phenoxy) is 1. The minimum Gasteiger partial charge on any atom is -0.375 e. The standard InChI is InChI=1S/C5H7F2O/c6-5(7)2-1-3-8-4-5/h2H,1,3-4H2. The number of rotatable bonds is 0. The summed E-state index contributed by atoms with van der Waals surface area (Å²) in [5.41, 5.74) is 0. The van der Waals surface area contributed by atoms with Crippen molar-refractivity contribution in [2.75, 3.05) is 13.2 Å². The van der Waals surface area contributed by atoms with E-state index in [9.17, 15) is 8.78 Å². The summed E-state index contributed by atoms with van der Waals surface area (Å²) in [6, 6.07) is 0. The van der Waals surface area contributed by atoms with Crippen molar-refractivity contribution in [3.05, 3.63) is 6.42 Å². The van der Waals surface area contributed by atoms with Gasteiger partial charge in [0, 0.05) is 13.0 Å². The average Bonchev–Trinajstić information content (AvgIpc) is 1.65. The van der Waals surface area contributed by atoms with Crippen LogP contribution in [-0.2, 0) is 4.74 Å². The Morgan fingerprint density at radius 1 is 1.50 bits per heavy atom. The minimum atomic E-state index is -2.67. The number of alkyl halides is 2. The van der Waals surface area contributed by atoms with E-state index in [1.165, 1.54) is 0 Å². The smallest absolute Gasteiger partial charge is 0.274 e. The van der Waals surface area contributed by atoms with Crippen LogP contribution in [0.4, 0.5) is 8.78 Å². The molecule has 1 aliphatic rings. The molecule has 0 N–H and O–H groups in total. The van der Waals surface area contributed by atoms with Gasteiger partial charge in [-0.1, -0.05) is 0 Å². The molecule has 0 bridgehead atoms. The molecule has 8 heavy (non-hydrogen) atoms. The van der Waals surface area contributed by atoms with Crippen LogP contribution in [0.15, 0.2) is 0 Å². The van der Waals surface area contributed by atoms with Gasteiger partial charge in [0.15, 0.2) is 0 Å². The number of hydrogen-bond acceptors (Lipinski definition) is 1. The molecule has 0 spiro atoms. The largest absolute Gasteiger partial charge is 0.375 e. The van der Waals surface area contributed by atoms with Crippen LogP contribution in [0.3, 0.4) is 0 Å². The molecular formula is C5H7F2O. The fraction of sp³-hybridized carbons (Fsp3) is 0.800. The third-order valence-electron chi connectivity index (χ3n) is 1.000. The molecule has 1 saturated heterocycles. The molecule has 3 heteroatoms. The molecule has 0 unspecified atom stereocenters. The molecule has 47 valence electrons. The lowest BCUT2D eigenvalue weighted by atomic mass is 10.2.